The highest BCUT2D eigenvalue weighted by Gasteiger charge is 2.20. The first-order chi connectivity index (χ1) is 9.29. The Morgan fingerprint density at radius 2 is 2.11 bits per heavy atom. The molecule has 0 saturated heterocycles. The third-order valence-corrected chi connectivity index (χ3v) is 3.67. The van der Waals surface area contributed by atoms with E-state index in [1.807, 2.05) is 13.3 Å². The van der Waals surface area contributed by atoms with Crippen LogP contribution < -0.4 is 10.5 Å². The Balaban J connectivity index is 2.04. The van der Waals surface area contributed by atoms with Gasteiger partial charge in [0.2, 0.25) is 0 Å². The van der Waals surface area contributed by atoms with E-state index in [0.29, 0.717) is 30.0 Å². The summed E-state index contributed by atoms with van der Waals surface area (Å²) in [4.78, 5) is 12.9. The van der Waals surface area contributed by atoms with Crippen LogP contribution in [0, 0.1) is 0 Å². The van der Waals surface area contributed by atoms with E-state index in [2.05, 4.69) is 19.5 Å². The highest BCUT2D eigenvalue weighted by Crippen LogP contribution is 2.31. The van der Waals surface area contributed by atoms with E-state index in [4.69, 9.17) is 10.5 Å². The summed E-state index contributed by atoms with van der Waals surface area (Å²) in [5.74, 6) is 0.392. The van der Waals surface area contributed by atoms with Crippen LogP contribution in [0.2, 0.25) is 0 Å². The van der Waals surface area contributed by atoms with Gasteiger partial charge in [-0.3, -0.25) is 0 Å². The summed E-state index contributed by atoms with van der Waals surface area (Å²) in [6.45, 7) is 2.44. The molecular weight excluding hydrogens is 242 g/mol. The summed E-state index contributed by atoms with van der Waals surface area (Å²) >= 11 is 0. The van der Waals surface area contributed by atoms with Crippen molar-refractivity contribution < 1.29 is 4.74 Å². The van der Waals surface area contributed by atoms with Crippen LogP contribution >= 0.6 is 0 Å². The van der Waals surface area contributed by atoms with Crippen LogP contribution in [-0.2, 0) is 0 Å². The largest absolute Gasteiger partial charge is 0.464 e. The summed E-state index contributed by atoms with van der Waals surface area (Å²) in [7, 11) is 0. The van der Waals surface area contributed by atoms with Crippen molar-refractivity contribution in [3.8, 4) is 6.01 Å². The van der Waals surface area contributed by atoms with Crippen molar-refractivity contribution in [1.82, 2.24) is 19.5 Å². The Labute approximate surface area is 112 Å². The molecule has 1 fully saturated rings. The second-order valence-electron chi connectivity index (χ2n) is 4.94. The smallest absolute Gasteiger partial charge is 0.320 e. The topological polar surface area (TPSA) is 78.9 Å². The van der Waals surface area contributed by atoms with Gasteiger partial charge in [-0.15, -0.1) is 0 Å². The van der Waals surface area contributed by atoms with Gasteiger partial charge in [0.05, 0.1) is 12.9 Å². The third kappa shape index (κ3) is 2.22. The maximum atomic E-state index is 5.92. The Bertz CT molecular complexity index is 574. The molecule has 102 valence electrons. The molecule has 0 radical (unpaired) electrons. The molecule has 0 unspecified atom stereocenters. The van der Waals surface area contributed by atoms with Crippen molar-refractivity contribution in [2.45, 2.75) is 45.1 Å². The van der Waals surface area contributed by atoms with Crippen LogP contribution in [-0.4, -0.2) is 26.1 Å². The second kappa shape index (κ2) is 5.03. The molecule has 2 aromatic heterocycles. The molecule has 6 heteroatoms. The van der Waals surface area contributed by atoms with Gasteiger partial charge < -0.3 is 15.0 Å². The molecule has 0 spiro atoms. The van der Waals surface area contributed by atoms with Gasteiger partial charge in [0.25, 0.3) is 0 Å². The van der Waals surface area contributed by atoms with Crippen LogP contribution in [0.3, 0.4) is 0 Å². The number of hydrogen-bond acceptors (Lipinski definition) is 5. The molecule has 2 N–H and O–H groups in total. The van der Waals surface area contributed by atoms with E-state index in [-0.39, 0.29) is 0 Å². The number of anilines is 1. The van der Waals surface area contributed by atoms with Gasteiger partial charge in [-0.05, 0) is 19.8 Å². The van der Waals surface area contributed by atoms with Crippen LogP contribution in [0.4, 0.5) is 5.82 Å². The van der Waals surface area contributed by atoms with Crippen LogP contribution in [0.15, 0.2) is 6.33 Å². The number of imidazole rings is 1. The first kappa shape index (κ1) is 12.2. The Morgan fingerprint density at radius 1 is 1.32 bits per heavy atom. The zero-order valence-corrected chi connectivity index (χ0v) is 11.2. The molecule has 2 aromatic rings. The van der Waals surface area contributed by atoms with Crippen LogP contribution in [0.5, 0.6) is 6.01 Å². The monoisotopic (exact) mass is 261 g/mol. The minimum atomic E-state index is 0.338. The molecule has 19 heavy (non-hydrogen) atoms. The summed E-state index contributed by atoms with van der Waals surface area (Å²) in [5, 5.41) is 0. The Hall–Kier alpha value is -1.85. The highest BCUT2D eigenvalue weighted by atomic mass is 16.5. The maximum Gasteiger partial charge on any atom is 0.320 e. The number of fused-ring (bicyclic) bond motifs is 1. The fourth-order valence-electron chi connectivity index (χ4n) is 2.74. The molecule has 2 heterocycles. The van der Waals surface area contributed by atoms with Crippen molar-refractivity contribution in [3.05, 3.63) is 6.33 Å². The van der Waals surface area contributed by atoms with Gasteiger partial charge in [0, 0.05) is 6.04 Å². The van der Waals surface area contributed by atoms with Crippen LogP contribution in [0.1, 0.15) is 45.1 Å². The number of nitrogens with two attached hydrogens (primary N) is 1. The molecule has 1 saturated carbocycles. The normalized spacial score (nSPS) is 16.9. The Morgan fingerprint density at radius 3 is 2.84 bits per heavy atom. The minimum absolute atomic E-state index is 0.338. The molecule has 0 atom stereocenters. The van der Waals surface area contributed by atoms with Crippen molar-refractivity contribution in [1.29, 1.82) is 0 Å². The SMILES string of the molecule is CCOc1nc(N)c2ncn(C3CCCCC3)c2n1. The lowest BCUT2D eigenvalue weighted by molar-refractivity contribution is 0.312. The van der Waals surface area contributed by atoms with Gasteiger partial charge in [-0.2, -0.15) is 9.97 Å². The molecule has 0 aliphatic heterocycles. The van der Waals surface area contributed by atoms with Crippen LogP contribution in [0.25, 0.3) is 11.2 Å². The van der Waals surface area contributed by atoms with E-state index in [1.54, 1.807) is 0 Å². The van der Waals surface area contributed by atoms with Crippen molar-refractivity contribution in [3.63, 3.8) is 0 Å². The van der Waals surface area contributed by atoms with Gasteiger partial charge in [0.1, 0.15) is 0 Å². The maximum absolute atomic E-state index is 5.92. The molecule has 0 amide bonds. The van der Waals surface area contributed by atoms with Gasteiger partial charge in [-0.25, -0.2) is 4.98 Å². The van der Waals surface area contributed by atoms with E-state index in [1.165, 1.54) is 32.1 Å². The third-order valence-electron chi connectivity index (χ3n) is 3.67. The number of ether oxygens (including phenoxy) is 1. The minimum Gasteiger partial charge on any atom is -0.464 e. The van der Waals surface area contributed by atoms with E-state index < -0.39 is 0 Å². The summed E-state index contributed by atoms with van der Waals surface area (Å²) < 4.78 is 7.50. The number of hydrogen-bond donors (Lipinski definition) is 1. The summed E-state index contributed by atoms with van der Waals surface area (Å²) in [5.41, 5.74) is 7.39. The quantitative estimate of drug-likeness (QED) is 0.917. The molecule has 3 rings (SSSR count). The fourth-order valence-corrected chi connectivity index (χ4v) is 2.74. The zero-order valence-electron chi connectivity index (χ0n) is 11.2. The van der Waals surface area contributed by atoms with E-state index in [0.717, 1.165) is 5.65 Å². The van der Waals surface area contributed by atoms with E-state index in [9.17, 15) is 0 Å². The van der Waals surface area contributed by atoms with Crippen molar-refractivity contribution in [2.75, 3.05) is 12.3 Å². The molecule has 1 aliphatic rings. The van der Waals surface area contributed by atoms with Crippen molar-refractivity contribution >= 4 is 17.0 Å². The average molecular weight is 261 g/mol. The molecular formula is C13H19N5O. The highest BCUT2D eigenvalue weighted by molar-refractivity contribution is 5.82. The first-order valence-electron chi connectivity index (χ1n) is 6.92. The van der Waals surface area contributed by atoms with E-state index >= 15 is 0 Å². The van der Waals surface area contributed by atoms with Gasteiger partial charge in [0.15, 0.2) is 17.0 Å². The molecule has 6 nitrogen and oxygen atoms in total. The fraction of sp³-hybridized carbons (Fsp3) is 0.615. The standard InChI is InChI=1S/C13H19N5O/c1-2-19-13-16-11(14)10-12(17-13)18(8-15-10)9-6-4-3-5-7-9/h8-9H,2-7H2,1H3,(H2,14,16,17). The summed E-state index contributed by atoms with van der Waals surface area (Å²) in [6.07, 6.45) is 8.05. The second-order valence-corrected chi connectivity index (χ2v) is 4.94. The van der Waals surface area contributed by atoms with Gasteiger partial charge in [-0.1, -0.05) is 19.3 Å². The average Bonchev–Trinajstić information content (AvgIpc) is 2.84. The number of nitrogen functional groups attached to an aromatic ring is 1. The Kier molecular flexibility index (Phi) is 3.23. The lowest BCUT2D eigenvalue weighted by Gasteiger charge is -2.23. The summed E-state index contributed by atoms with van der Waals surface area (Å²) in [6, 6.07) is 0.813. The zero-order chi connectivity index (χ0) is 13.2. The predicted molar refractivity (Wildman–Crippen MR) is 73.0 cm³/mol. The molecule has 0 bridgehead atoms. The van der Waals surface area contributed by atoms with Crippen molar-refractivity contribution in [2.24, 2.45) is 0 Å². The van der Waals surface area contributed by atoms with Gasteiger partial charge >= 0.3 is 6.01 Å². The first-order valence-corrected chi connectivity index (χ1v) is 6.92. The number of rotatable bonds is 3. The molecule has 0 aromatic carbocycles. The number of nitrogens with zero attached hydrogens (tertiary/aromatic N) is 4. The lowest BCUT2D eigenvalue weighted by Crippen LogP contribution is -2.13. The molecule has 1 aliphatic carbocycles. The number of aromatic nitrogens is 4. The predicted octanol–water partition coefficient (Wildman–Crippen LogP) is 2.31. The lowest BCUT2D eigenvalue weighted by atomic mass is 9.95.